The molecule has 1 aromatic carbocycles. The Morgan fingerprint density at radius 2 is 2.31 bits per heavy atom. The number of hydrogen-bond donors (Lipinski definition) is 2. The van der Waals surface area contributed by atoms with Crippen molar-refractivity contribution in [3.63, 3.8) is 0 Å². The number of fused-ring (bicyclic) bond motifs is 1. The predicted molar refractivity (Wildman–Crippen MR) is 64.4 cm³/mol. The Labute approximate surface area is 94.8 Å². The molecule has 1 aromatic heterocycles. The fourth-order valence-electron chi connectivity index (χ4n) is 1.75. The first-order valence-corrected chi connectivity index (χ1v) is 5.41. The highest BCUT2D eigenvalue weighted by atomic mass is 16.5. The average Bonchev–Trinajstić information content (AvgIpc) is 2.67. The summed E-state index contributed by atoms with van der Waals surface area (Å²) in [5.74, 6) is 0.929. The molecule has 0 fully saturated rings. The van der Waals surface area contributed by atoms with Crippen LogP contribution in [0.5, 0.6) is 0 Å². The van der Waals surface area contributed by atoms with Crippen molar-refractivity contribution in [3.05, 3.63) is 29.6 Å². The van der Waals surface area contributed by atoms with Gasteiger partial charge in [-0.25, -0.2) is 4.98 Å². The first-order valence-electron chi connectivity index (χ1n) is 5.41. The van der Waals surface area contributed by atoms with Crippen LogP contribution in [0.4, 0.5) is 0 Å². The minimum atomic E-state index is 0.0293. The van der Waals surface area contributed by atoms with Gasteiger partial charge in [0.05, 0.1) is 17.1 Å². The van der Waals surface area contributed by atoms with E-state index >= 15 is 0 Å². The van der Waals surface area contributed by atoms with Crippen molar-refractivity contribution in [3.8, 4) is 0 Å². The lowest BCUT2D eigenvalue weighted by Crippen LogP contribution is -2.25. The lowest BCUT2D eigenvalue weighted by atomic mass is 10.2. The summed E-state index contributed by atoms with van der Waals surface area (Å²) in [5.41, 5.74) is 8.87. The zero-order chi connectivity index (χ0) is 11.5. The van der Waals surface area contributed by atoms with Gasteiger partial charge in [-0.05, 0) is 24.6 Å². The van der Waals surface area contributed by atoms with Crippen LogP contribution in [0.25, 0.3) is 11.0 Å². The van der Waals surface area contributed by atoms with Crippen LogP contribution >= 0.6 is 0 Å². The molecule has 0 radical (unpaired) electrons. The zero-order valence-corrected chi connectivity index (χ0v) is 9.66. The van der Waals surface area contributed by atoms with Gasteiger partial charge < -0.3 is 15.5 Å². The molecule has 0 saturated heterocycles. The lowest BCUT2D eigenvalue weighted by molar-refractivity contribution is 0.108. The Morgan fingerprint density at radius 3 is 3.00 bits per heavy atom. The molecule has 0 aliphatic heterocycles. The number of imidazole rings is 1. The molecule has 2 aromatic rings. The maximum absolute atomic E-state index is 5.58. The van der Waals surface area contributed by atoms with Gasteiger partial charge in [0, 0.05) is 20.1 Å². The van der Waals surface area contributed by atoms with Crippen LogP contribution in [0.1, 0.15) is 11.4 Å². The first kappa shape index (κ1) is 11.1. The fourth-order valence-corrected chi connectivity index (χ4v) is 1.75. The van der Waals surface area contributed by atoms with Crippen LogP contribution in [0.15, 0.2) is 18.2 Å². The van der Waals surface area contributed by atoms with Crippen LogP contribution in [-0.4, -0.2) is 29.7 Å². The maximum Gasteiger partial charge on any atom is 0.109 e. The summed E-state index contributed by atoms with van der Waals surface area (Å²) in [4.78, 5) is 7.79. The van der Waals surface area contributed by atoms with Crippen LogP contribution in [0.3, 0.4) is 0 Å². The van der Waals surface area contributed by atoms with E-state index in [-0.39, 0.29) is 6.10 Å². The van der Waals surface area contributed by atoms with E-state index in [0.717, 1.165) is 23.3 Å². The monoisotopic (exact) mass is 219 g/mol. The molecule has 1 atom stereocenters. The highest BCUT2D eigenvalue weighted by molar-refractivity contribution is 5.75. The van der Waals surface area contributed by atoms with Crippen LogP contribution in [0, 0.1) is 6.92 Å². The van der Waals surface area contributed by atoms with Gasteiger partial charge in [0.15, 0.2) is 0 Å². The number of ether oxygens (including phenoxy) is 1. The van der Waals surface area contributed by atoms with Crippen molar-refractivity contribution in [2.75, 3.05) is 13.7 Å². The molecule has 4 nitrogen and oxygen atoms in total. The summed E-state index contributed by atoms with van der Waals surface area (Å²) in [6, 6.07) is 6.18. The number of benzene rings is 1. The summed E-state index contributed by atoms with van der Waals surface area (Å²) in [6.45, 7) is 2.57. The summed E-state index contributed by atoms with van der Waals surface area (Å²) in [6.07, 6.45) is 0.752. The van der Waals surface area contributed by atoms with Gasteiger partial charge in [0.1, 0.15) is 5.82 Å². The standard InChI is InChI=1S/C12H17N3O/c1-8-3-4-10-11(5-8)15-12(14-10)6-9(7-13)16-2/h3-5,9H,6-7,13H2,1-2H3,(H,14,15). The second-order valence-corrected chi connectivity index (χ2v) is 4.00. The normalized spacial score (nSPS) is 13.2. The molecule has 0 aliphatic rings. The minimum absolute atomic E-state index is 0.0293. The lowest BCUT2D eigenvalue weighted by Gasteiger charge is -2.09. The SMILES string of the molecule is COC(CN)Cc1nc2ccc(C)cc2[nH]1. The van der Waals surface area contributed by atoms with E-state index in [2.05, 4.69) is 29.0 Å². The number of rotatable bonds is 4. The number of nitrogens with zero attached hydrogens (tertiary/aromatic N) is 1. The first-order chi connectivity index (χ1) is 7.72. The number of nitrogens with one attached hydrogen (secondary N) is 1. The van der Waals surface area contributed by atoms with Gasteiger partial charge in [-0.1, -0.05) is 6.07 Å². The van der Waals surface area contributed by atoms with Crippen LogP contribution in [0.2, 0.25) is 0 Å². The number of methoxy groups -OCH3 is 1. The second kappa shape index (κ2) is 4.63. The molecule has 1 heterocycles. The highest BCUT2D eigenvalue weighted by Gasteiger charge is 2.09. The molecule has 3 N–H and O–H groups in total. The van der Waals surface area contributed by atoms with Crippen molar-refractivity contribution in [2.45, 2.75) is 19.4 Å². The van der Waals surface area contributed by atoms with E-state index in [0.29, 0.717) is 6.54 Å². The third-order valence-electron chi connectivity index (χ3n) is 2.70. The second-order valence-electron chi connectivity index (χ2n) is 4.00. The highest BCUT2D eigenvalue weighted by Crippen LogP contribution is 2.14. The minimum Gasteiger partial charge on any atom is -0.380 e. The third-order valence-corrected chi connectivity index (χ3v) is 2.70. The quantitative estimate of drug-likeness (QED) is 0.816. The number of hydrogen-bond acceptors (Lipinski definition) is 3. The van der Waals surface area contributed by atoms with Gasteiger partial charge in [-0.15, -0.1) is 0 Å². The number of aromatic amines is 1. The number of nitrogens with two attached hydrogens (primary N) is 1. The van der Waals surface area contributed by atoms with Gasteiger partial charge in [0.2, 0.25) is 0 Å². The van der Waals surface area contributed by atoms with Crippen molar-refractivity contribution < 1.29 is 4.74 Å². The number of aromatic nitrogens is 2. The summed E-state index contributed by atoms with van der Waals surface area (Å²) in [5, 5.41) is 0. The van der Waals surface area contributed by atoms with E-state index in [1.54, 1.807) is 7.11 Å². The predicted octanol–water partition coefficient (Wildman–Crippen LogP) is 1.39. The van der Waals surface area contributed by atoms with E-state index in [1.807, 2.05) is 6.07 Å². The summed E-state index contributed by atoms with van der Waals surface area (Å²) in [7, 11) is 1.67. The Kier molecular flexibility index (Phi) is 3.22. The largest absolute Gasteiger partial charge is 0.380 e. The van der Waals surface area contributed by atoms with Gasteiger partial charge >= 0.3 is 0 Å². The third kappa shape index (κ3) is 2.23. The Hall–Kier alpha value is -1.39. The molecular weight excluding hydrogens is 202 g/mol. The molecule has 2 rings (SSSR count). The van der Waals surface area contributed by atoms with Gasteiger partial charge in [-0.2, -0.15) is 0 Å². The van der Waals surface area contributed by atoms with E-state index in [9.17, 15) is 0 Å². The Morgan fingerprint density at radius 1 is 1.50 bits per heavy atom. The van der Waals surface area contributed by atoms with Crippen molar-refractivity contribution >= 4 is 11.0 Å². The van der Waals surface area contributed by atoms with Gasteiger partial charge in [-0.3, -0.25) is 0 Å². The topological polar surface area (TPSA) is 63.9 Å². The van der Waals surface area contributed by atoms with Crippen LogP contribution in [-0.2, 0) is 11.2 Å². The molecule has 0 saturated carbocycles. The Balaban J connectivity index is 2.25. The molecule has 0 amide bonds. The van der Waals surface area contributed by atoms with Crippen LogP contribution < -0.4 is 5.73 Å². The molecule has 0 bridgehead atoms. The summed E-state index contributed by atoms with van der Waals surface area (Å²) < 4.78 is 5.24. The van der Waals surface area contributed by atoms with E-state index in [1.165, 1.54) is 5.56 Å². The average molecular weight is 219 g/mol. The van der Waals surface area contributed by atoms with Crippen molar-refractivity contribution in [1.29, 1.82) is 0 Å². The molecule has 1 unspecified atom stereocenters. The number of H-pyrrole nitrogens is 1. The smallest absolute Gasteiger partial charge is 0.109 e. The van der Waals surface area contributed by atoms with Gasteiger partial charge in [0.25, 0.3) is 0 Å². The molecule has 0 spiro atoms. The Bertz CT molecular complexity index is 474. The zero-order valence-electron chi connectivity index (χ0n) is 9.66. The molecule has 16 heavy (non-hydrogen) atoms. The van der Waals surface area contributed by atoms with Crippen molar-refractivity contribution in [1.82, 2.24) is 9.97 Å². The molecule has 4 heteroatoms. The van der Waals surface area contributed by atoms with E-state index in [4.69, 9.17) is 10.5 Å². The maximum atomic E-state index is 5.58. The van der Waals surface area contributed by atoms with Crippen molar-refractivity contribution in [2.24, 2.45) is 5.73 Å². The number of aryl methyl sites for hydroxylation is 1. The fraction of sp³-hybridized carbons (Fsp3) is 0.417. The van der Waals surface area contributed by atoms with E-state index < -0.39 is 0 Å². The molecule has 0 aliphatic carbocycles. The summed E-state index contributed by atoms with van der Waals surface area (Å²) >= 11 is 0. The molecule has 86 valence electrons. The molecular formula is C12H17N3O.